The highest BCUT2D eigenvalue weighted by Crippen LogP contribution is 2.32. The van der Waals surface area contributed by atoms with Crippen LogP contribution in [0.15, 0.2) is 66.4 Å². The number of azo groups is 1. The van der Waals surface area contributed by atoms with E-state index in [-0.39, 0.29) is 17.0 Å². The summed E-state index contributed by atoms with van der Waals surface area (Å²) in [6.45, 7) is 0. The van der Waals surface area contributed by atoms with Gasteiger partial charge in [0.05, 0.1) is 5.69 Å². The molecule has 0 spiro atoms. The fourth-order valence-electron chi connectivity index (χ4n) is 1.99. The van der Waals surface area contributed by atoms with Crippen molar-refractivity contribution in [3.63, 3.8) is 0 Å². The normalized spacial score (nSPS) is 11.2. The minimum Gasteiger partial charge on any atom is -0.505 e. The molecule has 0 saturated heterocycles. The van der Waals surface area contributed by atoms with Gasteiger partial charge in [0.25, 0.3) is 0 Å². The summed E-state index contributed by atoms with van der Waals surface area (Å²) >= 11 is 3.31. The lowest BCUT2D eigenvalue weighted by molar-refractivity contribution is 0.0692. The van der Waals surface area contributed by atoms with E-state index in [1.807, 2.05) is 0 Å². The van der Waals surface area contributed by atoms with Crippen LogP contribution in [0.1, 0.15) is 10.4 Å². The number of hydrogen-bond acceptors (Lipinski definition) is 6. The third-order valence-electron chi connectivity index (χ3n) is 3.16. The van der Waals surface area contributed by atoms with Crippen LogP contribution in [0.25, 0.3) is 11.0 Å². The summed E-state index contributed by atoms with van der Waals surface area (Å²) in [4.78, 5) is 22.5. The summed E-state index contributed by atoms with van der Waals surface area (Å²) in [6, 6.07) is 10.8. The monoisotopic (exact) mass is 388 g/mol. The molecule has 0 atom stereocenters. The van der Waals surface area contributed by atoms with Gasteiger partial charge in [0, 0.05) is 15.9 Å². The Morgan fingerprint density at radius 3 is 2.46 bits per heavy atom. The number of benzene rings is 2. The molecule has 0 aliphatic rings. The molecule has 0 aliphatic heterocycles. The van der Waals surface area contributed by atoms with Gasteiger partial charge in [0.15, 0.2) is 0 Å². The Labute approximate surface area is 143 Å². The highest BCUT2D eigenvalue weighted by Gasteiger charge is 2.14. The SMILES string of the molecule is O=C(O)c1cc2cc(N=Nc3ccc(Br)cc3)c(O)cc2oc1=O. The average Bonchev–Trinajstić information content (AvgIpc) is 2.54. The van der Waals surface area contributed by atoms with Gasteiger partial charge in [-0.1, -0.05) is 15.9 Å². The number of rotatable bonds is 3. The van der Waals surface area contributed by atoms with Crippen LogP contribution in [0.4, 0.5) is 11.4 Å². The molecule has 3 rings (SSSR count). The second kappa shape index (κ2) is 6.25. The Morgan fingerprint density at radius 2 is 1.79 bits per heavy atom. The van der Waals surface area contributed by atoms with Crippen molar-refractivity contribution in [2.75, 3.05) is 0 Å². The first-order valence-electron chi connectivity index (χ1n) is 6.65. The topological polar surface area (TPSA) is 112 Å². The van der Waals surface area contributed by atoms with Gasteiger partial charge in [0.1, 0.15) is 22.6 Å². The number of aromatic hydroxyl groups is 1. The number of carboxylic acids is 1. The van der Waals surface area contributed by atoms with Crippen molar-refractivity contribution in [1.82, 2.24) is 0 Å². The van der Waals surface area contributed by atoms with Crippen molar-refractivity contribution in [2.24, 2.45) is 10.2 Å². The van der Waals surface area contributed by atoms with E-state index >= 15 is 0 Å². The second-order valence-electron chi connectivity index (χ2n) is 4.81. The maximum Gasteiger partial charge on any atom is 0.351 e. The quantitative estimate of drug-likeness (QED) is 0.510. The molecule has 0 amide bonds. The van der Waals surface area contributed by atoms with Crippen molar-refractivity contribution in [3.8, 4) is 5.75 Å². The van der Waals surface area contributed by atoms with E-state index in [9.17, 15) is 14.7 Å². The first-order valence-corrected chi connectivity index (χ1v) is 7.45. The molecule has 0 radical (unpaired) electrons. The molecule has 0 bridgehead atoms. The Bertz CT molecular complexity index is 1030. The van der Waals surface area contributed by atoms with Crippen LogP contribution >= 0.6 is 15.9 Å². The summed E-state index contributed by atoms with van der Waals surface area (Å²) in [6.07, 6.45) is 0. The van der Waals surface area contributed by atoms with E-state index in [1.54, 1.807) is 24.3 Å². The maximum absolute atomic E-state index is 11.5. The average molecular weight is 389 g/mol. The van der Waals surface area contributed by atoms with Gasteiger partial charge in [-0.2, -0.15) is 5.11 Å². The zero-order chi connectivity index (χ0) is 17.3. The highest BCUT2D eigenvalue weighted by atomic mass is 79.9. The molecule has 2 aromatic carbocycles. The van der Waals surface area contributed by atoms with Gasteiger partial charge in [-0.15, -0.1) is 5.11 Å². The van der Waals surface area contributed by atoms with E-state index in [4.69, 9.17) is 9.52 Å². The molecule has 2 N–H and O–H groups in total. The van der Waals surface area contributed by atoms with E-state index in [2.05, 4.69) is 26.2 Å². The molecule has 0 saturated carbocycles. The zero-order valence-corrected chi connectivity index (χ0v) is 13.5. The molecule has 0 aliphatic carbocycles. The lowest BCUT2D eigenvalue weighted by Crippen LogP contribution is -2.12. The summed E-state index contributed by atoms with van der Waals surface area (Å²) < 4.78 is 5.79. The Morgan fingerprint density at radius 1 is 1.08 bits per heavy atom. The number of aromatic carboxylic acids is 1. The van der Waals surface area contributed by atoms with Gasteiger partial charge in [0.2, 0.25) is 0 Å². The van der Waals surface area contributed by atoms with Gasteiger partial charge < -0.3 is 14.6 Å². The molecule has 120 valence electrons. The second-order valence-corrected chi connectivity index (χ2v) is 5.72. The van der Waals surface area contributed by atoms with Crippen LogP contribution in [-0.4, -0.2) is 16.2 Å². The summed E-state index contributed by atoms with van der Waals surface area (Å²) in [7, 11) is 0. The minimum absolute atomic E-state index is 0.0603. The predicted molar refractivity (Wildman–Crippen MR) is 89.4 cm³/mol. The van der Waals surface area contributed by atoms with Gasteiger partial charge in [-0.3, -0.25) is 0 Å². The van der Waals surface area contributed by atoms with Crippen LogP contribution in [0.3, 0.4) is 0 Å². The van der Waals surface area contributed by atoms with Crippen LogP contribution < -0.4 is 5.63 Å². The lowest BCUT2D eigenvalue weighted by Gasteiger charge is -2.02. The van der Waals surface area contributed by atoms with Crippen molar-refractivity contribution < 1.29 is 19.4 Å². The molecule has 8 heteroatoms. The fourth-order valence-corrected chi connectivity index (χ4v) is 2.26. The van der Waals surface area contributed by atoms with Crippen LogP contribution in [-0.2, 0) is 0 Å². The van der Waals surface area contributed by atoms with E-state index in [0.717, 1.165) is 4.47 Å². The third-order valence-corrected chi connectivity index (χ3v) is 3.69. The van der Waals surface area contributed by atoms with Crippen LogP contribution in [0.2, 0.25) is 0 Å². The first-order chi connectivity index (χ1) is 11.4. The van der Waals surface area contributed by atoms with Crippen molar-refractivity contribution >= 4 is 44.2 Å². The number of carboxylic acid groups (broad SMARTS) is 1. The summed E-state index contributed by atoms with van der Waals surface area (Å²) in [5.74, 6) is -1.63. The number of carbonyl (C=O) groups is 1. The molecular weight excluding hydrogens is 380 g/mol. The van der Waals surface area contributed by atoms with Crippen LogP contribution in [0.5, 0.6) is 5.75 Å². The number of halogens is 1. The van der Waals surface area contributed by atoms with E-state index < -0.39 is 17.2 Å². The smallest absolute Gasteiger partial charge is 0.351 e. The number of phenolic OH excluding ortho intramolecular Hbond substituents is 1. The van der Waals surface area contributed by atoms with E-state index in [1.165, 1.54) is 18.2 Å². The largest absolute Gasteiger partial charge is 0.505 e. The Kier molecular flexibility index (Phi) is 4.13. The number of fused-ring (bicyclic) bond motifs is 1. The minimum atomic E-state index is -1.39. The Balaban J connectivity index is 2.06. The summed E-state index contributed by atoms with van der Waals surface area (Å²) in [5.41, 5.74) is -0.730. The van der Waals surface area contributed by atoms with Crippen LogP contribution in [0, 0.1) is 0 Å². The molecule has 0 fully saturated rings. The number of hydrogen-bond donors (Lipinski definition) is 2. The van der Waals surface area contributed by atoms with Crippen molar-refractivity contribution in [3.05, 3.63) is 62.9 Å². The molecule has 24 heavy (non-hydrogen) atoms. The van der Waals surface area contributed by atoms with Crippen molar-refractivity contribution in [1.29, 1.82) is 0 Å². The maximum atomic E-state index is 11.5. The van der Waals surface area contributed by atoms with Gasteiger partial charge >= 0.3 is 11.6 Å². The lowest BCUT2D eigenvalue weighted by atomic mass is 10.1. The van der Waals surface area contributed by atoms with Gasteiger partial charge in [-0.25, -0.2) is 9.59 Å². The zero-order valence-electron chi connectivity index (χ0n) is 11.9. The highest BCUT2D eigenvalue weighted by molar-refractivity contribution is 9.10. The molecule has 3 aromatic rings. The van der Waals surface area contributed by atoms with Crippen molar-refractivity contribution in [2.45, 2.75) is 0 Å². The van der Waals surface area contributed by atoms with E-state index in [0.29, 0.717) is 11.1 Å². The predicted octanol–water partition coefficient (Wildman–Crippen LogP) is 4.37. The first kappa shape index (κ1) is 15.9. The molecule has 1 heterocycles. The molecule has 7 nitrogen and oxygen atoms in total. The molecular formula is C16H9BrN2O5. The molecule has 0 unspecified atom stereocenters. The third kappa shape index (κ3) is 3.18. The Hall–Kier alpha value is -3.00. The van der Waals surface area contributed by atoms with Gasteiger partial charge in [-0.05, 0) is 36.4 Å². The molecule has 1 aromatic heterocycles. The standard InChI is InChI=1S/C16H9BrN2O5/c17-9-1-3-10(4-2-9)18-19-12-6-8-5-11(15(21)22)16(23)24-14(8)7-13(12)20/h1-7,20H,(H,21,22). The fraction of sp³-hybridized carbons (Fsp3) is 0. The number of nitrogens with zero attached hydrogens (tertiary/aromatic N) is 2. The number of phenols is 1. The summed E-state index contributed by atoms with van der Waals surface area (Å²) in [5, 5.41) is 27.2.